The molecule has 0 amide bonds. The first-order chi connectivity index (χ1) is 6.27. The SMILES string of the molecule is CC.CCc1ccc(C=O)c(C)c1. The van der Waals surface area contributed by atoms with Gasteiger partial charge in [-0.25, -0.2) is 0 Å². The molecule has 0 heterocycles. The molecule has 1 aromatic carbocycles. The Morgan fingerprint density at radius 3 is 2.31 bits per heavy atom. The molecule has 0 saturated heterocycles. The van der Waals surface area contributed by atoms with Crippen molar-refractivity contribution in [2.24, 2.45) is 0 Å². The zero-order chi connectivity index (χ0) is 10.3. The molecular formula is C12H18O. The van der Waals surface area contributed by atoms with E-state index in [4.69, 9.17) is 0 Å². The maximum absolute atomic E-state index is 10.4. The number of aldehydes is 1. The molecule has 1 aromatic rings. The summed E-state index contributed by atoms with van der Waals surface area (Å²) in [6.07, 6.45) is 1.93. The van der Waals surface area contributed by atoms with Gasteiger partial charge in [-0.2, -0.15) is 0 Å². The van der Waals surface area contributed by atoms with Crippen LogP contribution in [0.1, 0.15) is 42.3 Å². The second-order valence-electron chi connectivity index (χ2n) is 2.66. The molecule has 1 rings (SSSR count). The number of carbonyl (C=O) groups excluding carboxylic acids is 1. The number of aryl methyl sites for hydroxylation is 2. The Balaban J connectivity index is 0.000000671. The molecule has 0 N–H and O–H groups in total. The van der Waals surface area contributed by atoms with E-state index in [-0.39, 0.29) is 0 Å². The van der Waals surface area contributed by atoms with E-state index in [2.05, 4.69) is 13.0 Å². The first-order valence-corrected chi connectivity index (χ1v) is 4.82. The molecular weight excluding hydrogens is 160 g/mol. The zero-order valence-corrected chi connectivity index (χ0v) is 8.92. The summed E-state index contributed by atoms with van der Waals surface area (Å²) in [5.74, 6) is 0. The van der Waals surface area contributed by atoms with Gasteiger partial charge in [-0.1, -0.05) is 39.0 Å². The van der Waals surface area contributed by atoms with Crippen LogP contribution in [0.3, 0.4) is 0 Å². The van der Waals surface area contributed by atoms with E-state index in [1.54, 1.807) is 0 Å². The molecule has 0 aliphatic heterocycles. The van der Waals surface area contributed by atoms with Crippen molar-refractivity contribution in [2.75, 3.05) is 0 Å². The highest BCUT2D eigenvalue weighted by molar-refractivity contribution is 5.77. The normalized spacial score (nSPS) is 8.62. The summed E-state index contributed by atoms with van der Waals surface area (Å²) < 4.78 is 0. The number of hydrogen-bond donors (Lipinski definition) is 0. The van der Waals surface area contributed by atoms with Crippen LogP contribution in [-0.2, 0) is 6.42 Å². The van der Waals surface area contributed by atoms with E-state index in [1.807, 2.05) is 32.9 Å². The average Bonchev–Trinajstić information content (AvgIpc) is 2.20. The Kier molecular flexibility index (Phi) is 5.86. The van der Waals surface area contributed by atoms with Crippen molar-refractivity contribution < 1.29 is 4.79 Å². The molecule has 1 heteroatoms. The second-order valence-corrected chi connectivity index (χ2v) is 2.66. The number of benzene rings is 1. The monoisotopic (exact) mass is 178 g/mol. The quantitative estimate of drug-likeness (QED) is 0.634. The van der Waals surface area contributed by atoms with Crippen LogP contribution < -0.4 is 0 Å². The Morgan fingerprint density at radius 1 is 1.31 bits per heavy atom. The van der Waals surface area contributed by atoms with Gasteiger partial charge < -0.3 is 0 Å². The van der Waals surface area contributed by atoms with Gasteiger partial charge in [0.1, 0.15) is 6.29 Å². The highest BCUT2D eigenvalue weighted by Crippen LogP contribution is 2.09. The first kappa shape index (κ1) is 11.9. The predicted octanol–water partition coefficient (Wildman–Crippen LogP) is 3.40. The van der Waals surface area contributed by atoms with Crippen molar-refractivity contribution in [1.29, 1.82) is 0 Å². The smallest absolute Gasteiger partial charge is 0.150 e. The lowest BCUT2D eigenvalue weighted by atomic mass is 10.0. The number of rotatable bonds is 2. The average molecular weight is 178 g/mol. The molecule has 13 heavy (non-hydrogen) atoms. The first-order valence-electron chi connectivity index (χ1n) is 4.82. The molecule has 72 valence electrons. The maximum atomic E-state index is 10.4. The Labute approximate surface area is 80.8 Å². The largest absolute Gasteiger partial charge is 0.298 e. The topological polar surface area (TPSA) is 17.1 Å². The fraction of sp³-hybridized carbons (Fsp3) is 0.417. The van der Waals surface area contributed by atoms with Gasteiger partial charge in [-0.05, 0) is 24.5 Å². The van der Waals surface area contributed by atoms with E-state index in [9.17, 15) is 4.79 Å². The van der Waals surface area contributed by atoms with E-state index in [1.165, 1.54) is 5.56 Å². The summed E-state index contributed by atoms with van der Waals surface area (Å²) in [4.78, 5) is 10.4. The number of carbonyl (C=O) groups is 1. The van der Waals surface area contributed by atoms with Gasteiger partial charge in [0.15, 0.2) is 0 Å². The van der Waals surface area contributed by atoms with Crippen LogP contribution in [0.5, 0.6) is 0 Å². The summed E-state index contributed by atoms with van der Waals surface area (Å²) in [5.41, 5.74) is 3.15. The summed E-state index contributed by atoms with van der Waals surface area (Å²) in [7, 11) is 0. The maximum Gasteiger partial charge on any atom is 0.150 e. The molecule has 0 bridgehead atoms. The Morgan fingerprint density at radius 2 is 1.92 bits per heavy atom. The highest BCUT2D eigenvalue weighted by atomic mass is 16.1. The summed E-state index contributed by atoms with van der Waals surface area (Å²) in [5, 5.41) is 0. The highest BCUT2D eigenvalue weighted by Gasteiger charge is 1.96. The van der Waals surface area contributed by atoms with Crippen molar-refractivity contribution in [3.05, 3.63) is 34.9 Å². The predicted molar refractivity (Wildman–Crippen MR) is 57.3 cm³/mol. The van der Waals surface area contributed by atoms with Crippen LogP contribution >= 0.6 is 0 Å². The lowest BCUT2D eigenvalue weighted by molar-refractivity contribution is 0.112. The summed E-state index contributed by atoms with van der Waals surface area (Å²) in [6.45, 7) is 8.07. The minimum absolute atomic E-state index is 0.794. The van der Waals surface area contributed by atoms with Crippen molar-refractivity contribution in [3.63, 3.8) is 0 Å². The van der Waals surface area contributed by atoms with Crippen LogP contribution in [0.25, 0.3) is 0 Å². The van der Waals surface area contributed by atoms with Crippen molar-refractivity contribution in [1.82, 2.24) is 0 Å². The molecule has 0 atom stereocenters. The lowest BCUT2D eigenvalue weighted by Crippen LogP contribution is -1.88. The van der Waals surface area contributed by atoms with Gasteiger partial charge >= 0.3 is 0 Å². The zero-order valence-electron chi connectivity index (χ0n) is 8.92. The fourth-order valence-electron chi connectivity index (χ4n) is 1.09. The molecule has 0 aliphatic carbocycles. The molecule has 0 aromatic heterocycles. The summed E-state index contributed by atoms with van der Waals surface area (Å²) >= 11 is 0. The third kappa shape index (κ3) is 3.41. The van der Waals surface area contributed by atoms with Crippen LogP contribution in [-0.4, -0.2) is 6.29 Å². The molecule has 0 radical (unpaired) electrons. The van der Waals surface area contributed by atoms with Crippen LogP contribution in [0.4, 0.5) is 0 Å². The fourth-order valence-corrected chi connectivity index (χ4v) is 1.09. The van der Waals surface area contributed by atoms with E-state index >= 15 is 0 Å². The van der Waals surface area contributed by atoms with E-state index in [0.29, 0.717) is 0 Å². The summed E-state index contributed by atoms with van der Waals surface area (Å²) in [6, 6.07) is 5.93. The standard InChI is InChI=1S/C10H12O.C2H6/c1-3-9-4-5-10(7-11)8(2)6-9;1-2/h4-7H,3H2,1-2H3;1-2H3. The van der Waals surface area contributed by atoms with Crippen LogP contribution in [0.2, 0.25) is 0 Å². The molecule has 0 spiro atoms. The molecule has 0 saturated carbocycles. The minimum atomic E-state index is 0.794. The van der Waals surface area contributed by atoms with Crippen molar-refractivity contribution in [2.45, 2.75) is 34.1 Å². The number of hydrogen-bond acceptors (Lipinski definition) is 1. The van der Waals surface area contributed by atoms with Gasteiger partial charge in [0.05, 0.1) is 0 Å². The van der Waals surface area contributed by atoms with Crippen LogP contribution in [0, 0.1) is 6.92 Å². The van der Waals surface area contributed by atoms with Gasteiger partial charge in [-0.15, -0.1) is 0 Å². The van der Waals surface area contributed by atoms with Crippen molar-refractivity contribution >= 4 is 6.29 Å². The molecule has 1 nitrogen and oxygen atoms in total. The van der Waals surface area contributed by atoms with E-state index in [0.717, 1.165) is 23.8 Å². The van der Waals surface area contributed by atoms with Gasteiger partial charge in [0.2, 0.25) is 0 Å². The Hall–Kier alpha value is -1.11. The molecule has 0 aliphatic rings. The molecule has 0 unspecified atom stereocenters. The second kappa shape index (κ2) is 6.41. The third-order valence-electron chi connectivity index (χ3n) is 1.87. The molecule has 0 fully saturated rings. The van der Waals surface area contributed by atoms with Crippen molar-refractivity contribution in [3.8, 4) is 0 Å². The third-order valence-corrected chi connectivity index (χ3v) is 1.87. The Bertz CT molecular complexity index is 264. The minimum Gasteiger partial charge on any atom is -0.298 e. The lowest BCUT2D eigenvalue weighted by Gasteiger charge is -2.00. The van der Waals surface area contributed by atoms with E-state index < -0.39 is 0 Å². The van der Waals surface area contributed by atoms with Gasteiger partial charge in [-0.3, -0.25) is 4.79 Å². The van der Waals surface area contributed by atoms with Crippen LogP contribution in [0.15, 0.2) is 18.2 Å². The van der Waals surface area contributed by atoms with Gasteiger partial charge in [0.25, 0.3) is 0 Å². The van der Waals surface area contributed by atoms with Gasteiger partial charge in [0, 0.05) is 5.56 Å².